The summed E-state index contributed by atoms with van der Waals surface area (Å²) in [6.45, 7) is 6.81. The normalized spacial score (nSPS) is 12.3. The fraction of sp³-hybridized carbons (Fsp3) is 0.818. The summed E-state index contributed by atoms with van der Waals surface area (Å²) < 4.78 is 4.51. The Morgan fingerprint density at radius 2 is 1.94 bits per heavy atom. The monoisotopic (exact) mass is 262 g/mol. The van der Waals surface area contributed by atoms with Gasteiger partial charge in [-0.3, -0.25) is 4.79 Å². The molecule has 0 spiro atoms. The number of hydrogen-bond acceptors (Lipinski definition) is 5. The summed E-state index contributed by atoms with van der Waals surface area (Å²) in [5, 5.41) is 2.52. The van der Waals surface area contributed by atoms with Crippen LogP contribution in [0.4, 0.5) is 4.79 Å². The molecule has 0 unspecified atom stereocenters. The minimum Gasteiger partial charge on any atom is -0.453 e. The minimum atomic E-state index is -0.558. The number of carbonyl (C=O) groups excluding carboxylic acids is 2. The molecule has 0 saturated heterocycles. The number of methoxy groups -OCH3 is 1. The maximum Gasteiger partial charge on any atom is 0.407 e. The zero-order chi connectivity index (χ0) is 13.3. The molecule has 0 bridgehead atoms. The lowest BCUT2D eigenvalue weighted by Crippen LogP contribution is -2.42. The molecule has 17 heavy (non-hydrogen) atoms. The van der Waals surface area contributed by atoms with Gasteiger partial charge in [-0.15, -0.1) is 0 Å². The van der Waals surface area contributed by atoms with Gasteiger partial charge >= 0.3 is 6.09 Å². The van der Waals surface area contributed by atoms with Crippen molar-refractivity contribution in [2.75, 3.05) is 33.0 Å². The van der Waals surface area contributed by atoms with Crippen molar-refractivity contribution in [3.63, 3.8) is 0 Å². The highest BCUT2D eigenvalue weighted by atomic mass is 32.2. The molecule has 5 nitrogen and oxygen atoms in total. The minimum absolute atomic E-state index is 0.0393. The molecule has 0 aromatic heterocycles. The molecule has 100 valence electrons. The average Bonchev–Trinajstić information content (AvgIpc) is 2.37. The molecule has 0 aromatic carbocycles. The smallest absolute Gasteiger partial charge is 0.407 e. The predicted octanol–water partition coefficient (Wildman–Crippen LogP) is 1.33. The number of hydrogen-bond donors (Lipinski definition) is 1. The molecular formula is C11H22N2O3S. The van der Waals surface area contributed by atoms with Gasteiger partial charge in [-0.25, -0.2) is 4.79 Å². The molecule has 1 atom stereocenters. The highest BCUT2D eigenvalue weighted by molar-refractivity contribution is 8.13. The summed E-state index contributed by atoms with van der Waals surface area (Å²) in [5.41, 5.74) is 0. The third kappa shape index (κ3) is 6.53. The van der Waals surface area contributed by atoms with Crippen molar-refractivity contribution in [1.82, 2.24) is 10.2 Å². The summed E-state index contributed by atoms with van der Waals surface area (Å²) in [6.07, 6.45) is 1.76. The highest BCUT2D eigenvalue weighted by Gasteiger charge is 2.20. The lowest BCUT2D eigenvalue weighted by molar-refractivity contribution is -0.112. The topological polar surface area (TPSA) is 58.6 Å². The number of amides is 1. The Morgan fingerprint density at radius 3 is 2.35 bits per heavy atom. The second-order valence-corrected chi connectivity index (χ2v) is 4.34. The van der Waals surface area contributed by atoms with E-state index in [0.29, 0.717) is 6.42 Å². The first-order chi connectivity index (χ1) is 8.08. The van der Waals surface area contributed by atoms with Gasteiger partial charge in [-0.2, -0.15) is 0 Å². The van der Waals surface area contributed by atoms with Gasteiger partial charge < -0.3 is 15.0 Å². The van der Waals surface area contributed by atoms with Gasteiger partial charge in [0.05, 0.1) is 7.11 Å². The van der Waals surface area contributed by atoms with E-state index in [1.165, 1.54) is 7.11 Å². The van der Waals surface area contributed by atoms with Crippen LogP contribution in [0.25, 0.3) is 0 Å². The number of rotatable bonds is 7. The van der Waals surface area contributed by atoms with Crippen molar-refractivity contribution in [3.8, 4) is 0 Å². The molecule has 0 saturated carbocycles. The van der Waals surface area contributed by atoms with Crippen LogP contribution in [-0.2, 0) is 9.53 Å². The van der Waals surface area contributed by atoms with Crippen LogP contribution in [0, 0.1) is 0 Å². The summed E-state index contributed by atoms with van der Waals surface area (Å²) in [4.78, 5) is 25.0. The third-order valence-corrected chi connectivity index (χ3v) is 3.28. The molecule has 0 fully saturated rings. The van der Waals surface area contributed by atoms with Gasteiger partial charge in [0, 0.05) is 6.54 Å². The molecule has 0 rings (SSSR count). The lowest BCUT2D eigenvalue weighted by atomic mass is 10.2. The predicted molar refractivity (Wildman–Crippen MR) is 70.3 cm³/mol. The van der Waals surface area contributed by atoms with Crippen molar-refractivity contribution >= 4 is 23.0 Å². The van der Waals surface area contributed by atoms with Crippen molar-refractivity contribution < 1.29 is 14.3 Å². The number of thioether (sulfide) groups is 1. The van der Waals surface area contributed by atoms with E-state index in [-0.39, 0.29) is 5.12 Å². The summed E-state index contributed by atoms with van der Waals surface area (Å²) in [6, 6.07) is -0.474. The molecular weight excluding hydrogens is 240 g/mol. The quantitative estimate of drug-likeness (QED) is 0.750. The van der Waals surface area contributed by atoms with E-state index >= 15 is 0 Å². The van der Waals surface area contributed by atoms with Crippen LogP contribution in [0.1, 0.15) is 20.3 Å². The number of carbonyl (C=O) groups is 2. The molecule has 0 heterocycles. The molecule has 0 radical (unpaired) electrons. The third-order valence-electron chi connectivity index (χ3n) is 2.59. The van der Waals surface area contributed by atoms with Crippen LogP contribution < -0.4 is 5.32 Å². The van der Waals surface area contributed by atoms with E-state index in [2.05, 4.69) is 28.8 Å². The van der Waals surface area contributed by atoms with Crippen LogP contribution >= 0.6 is 11.8 Å². The maximum absolute atomic E-state index is 11.6. The number of alkyl carbamates (subject to hydrolysis) is 1. The van der Waals surface area contributed by atoms with Gasteiger partial charge in [0.2, 0.25) is 5.12 Å². The molecule has 0 aliphatic heterocycles. The second-order valence-electron chi connectivity index (χ2n) is 3.53. The van der Waals surface area contributed by atoms with Gasteiger partial charge in [-0.1, -0.05) is 25.6 Å². The molecule has 1 N–H and O–H groups in total. The molecule has 0 aliphatic rings. The average molecular weight is 262 g/mol. The number of ether oxygens (including phenoxy) is 1. The van der Waals surface area contributed by atoms with Crippen LogP contribution in [0.5, 0.6) is 0 Å². The van der Waals surface area contributed by atoms with Crippen molar-refractivity contribution in [2.45, 2.75) is 26.3 Å². The zero-order valence-electron chi connectivity index (χ0n) is 11.0. The van der Waals surface area contributed by atoms with E-state index in [1.807, 2.05) is 0 Å². The van der Waals surface area contributed by atoms with Gasteiger partial charge in [0.15, 0.2) is 0 Å². The Bertz CT molecular complexity index is 245. The summed E-state index contributed by atoms with van der Waals surface area (Å²) in [5.74, 6) is 0. The summed E-state index contributed by atoms with van der Waals surface area (Å²) >= 11 is 1.12. The van der Waals surface area contributed by atoms with E-state index < -0.39 is 12.1 Å². The van der Waals surface area contributed by atoms with Gasteiger partial charge in [0.25, 0.3) is 0 Å². The SMILES string of the molecule is CCN(CC)CC[C@H](NC(=O)OC)C(=O)SC. The van der Waals surface area contributed by atoms with E-state index in [9.17, 15) is 9.59 Å². The first-order valence-corrected chi connectivity index (χ1v) is 6.96. The van der Waals surface area contributed by atoms with Crippen LogP contribution in [0.15, 0.2) is 0 Å². The maximum atomic E-state index is 11.6. The largest absolute Gasteiger partial charge is 0.453 e. The van der Waals surface area contributed by atoms with Crippen molar-refractivity contribution in [1.29, 1.82) is 0 Å². The zero-order valence-corrected chi connectivity index (χ0v) is 11.8. The Kier molecular flexibility index (Phi) is 8.89. The lowest BCUT2D eigenvalue weighted by Gasteiger charge is -2.21. The highest BCUT2D eigenvalue weighted by Crippen LogP contribution is 2.06. The van der Waals surface area contributed by atoms with E-state index in [1.54, 1.807) is 6.26 Å². The Labute approximate surface area is 107 Å². The van der Waals surface area contributed by atoms with E-state index in [0.717, 1.165) is 31.4 Å². The Balaban J connectivity index is 4.28. The van der Waals surface area contributed by atoms with Crippen molar-refractivity contribution in [2.24, 2.45) is 0 Å². The fourth-order valence-electron chi connectivity index (χ4n) is 1.44. The first kappa shape index (κ1) is 16.2. The molecule has 0 aliphatic carbocycles. The second kappa shape index (κ2) is 9.30. The Hall–Kier alpha value is -0.750. The number of nitrogens with one attached hydrogen (secondary N) is 1. The van der Waals surface area contributed by atoms with Gasteiger partial charge in [0.1, 0.15) is 6.04 Å². The summed E-state index contributed by atoms with van der Waals surface area (Å²) in [7, 11) is 1.29. The first-order valence-electron chi connectivity index (χ1n) is 5.73. The molecule has 0 aromatic rings. The van der Waals surface area contributed by atoms with Crippen LogP contribution in [-0.4, -0.2) is 55.2 Å². The van der Waals surface area contributed by atoms with Gasteiger partial charge in [-0.05, 0) is 25.8 Å². The fourth-order valence-corrected chi connectivity index (χ4v) is 1.91. The standard InChI is InChI=1S/C11H22N2O3S/c1-5-13(6-2)8-7-9(10(14)17-4)12-11(15)16-3/h9H,5-8H2,1-4H3,(H,12,15)/t9-/m0/s1. The van der Waals surface area contributed by atoms with Crippen LogP contribution in [0.3, 0.4) is 0 Å². The van der Waals surface area contributed by atoms with Crippen LogP contribution in [0.2, 0.25) is 0 Å². The van der Waals surface area contributed by atoms with E-state index in [4.69, 9.17) is 0 Å². The molecule has 6 heteroatoms. The number of nitrogens with zero attached hydrogens (tertiary/aromatic N) is 1. The Morgan fingerprint density at radius 1 is 1.35 bits per heavy atom. The van der Waals surface area contributed by atoms with Crippen molar-refractivity contribution in [3.05, 3.63) is 0 Å². The molecule has 1 amide bonds.